The van der Waals surface area contributed by atoms with Gasteiger partial charge in [-0.15, -0.1) is 0 Å². The number of aliphatic hydroxyl groups is 1. The molecule has 3 N–H and O–H groups in total. The zero-order valence-electron chi connectivity index (χ0n) is 59.3. The Kier molecular flexibility index (Phi) is 61.5. The van der Waals surface area contributed by atoms with E-state index in [2.05, 4.69) is 48.5 Å². The summed E-state index contributed by atoms with van der Waals surface area (Å²) in [6.45, 7) is 11.8. The lowest BCUT2D eigenvalue weighted by Gasteiger charge is -2.21. The molecule has 0 radical (unpaired) electrons. The first-order valence-corrected chi connectivity index (χ1v) is 40.4. The minimum absolute atomic E-state index is 0.103. The lowest BCUT2D eigenvalue weighted by molar-refractivity contribution is -0.161. The Morgan fingerprint density at radius 1 is 0.319 bits per heavy atom. The van der Waals surface area contributed by atoms with Crippen LogP contribution in [0.2, 0.25) is 0 Å². The third kappa shape index (κ3) is 65.1. The lowest BCUT2D eigenvalue weighted by Crippen LogP contribution is -2.30. The first kappa shape index (κ1) is 89.1. The molecule has 17 nitrogen and oxygen atoms in total. The average molecular weight is 1340 g/mol. The van der Waals surface area contributed by atoms with Gasteiger partial charge in [-0.25, -0.2) is 9.13 Å². The van der Waals surface area contributed by atoms with E-state index in [9.17, 15) is 43.2 Å². The summed E-state index contributed by atoms with van der Waals surface area (Å²) in [7, 11) is -9.90. The highest BCUT2D eigenvalue weighted by Crippen LogP contribution is 2.45. The van der Waals surface area contributed by atoms with Gasteiger partial charge >= 0.3 is 39.5 Å². The first-order valence-electron chi connectivity index (χ1n) is 37.4. The molecule has 0 saturated carbocycles. The number of phosphoric acid groups is 2. The molecule has 0 aromatic rings. The third-order valence-electron chi connectivity index (χ3n) is 17.0. The summed E-state index contributed by atoms with van der Waals surface area (Å²) < 4.78 is 68.3. The topological polar surface area (TPSA) is 237 Å². The van der Waals surface area contributed by atoms with E-state index in [0.29, 0.717) is 31.6 Å². The van der Waals surface area contributed by atoms with Gasteiger partial charge in [-0.3, -0.25) is 37.3 Å². The standard InChI is InChI=1S/C72H140O17P2/c1-8-10-11-12-13-23-32-39-46-53-69(74)82-60-68(89-72(77)56-49-42-35-28-30-37-44-51-64(5)6)62-87-91(80,81)85-58-66(73)57-84-90(78,79)86-61-67(59-83-70(75)54-47-40-33-26-22-18-19-24-29-36-43-50-63(3)4)88-71(76)55-48-41-34-27-21-17-15-14-16-20-25-31-38-45-52-65(7)9-2/h63-68,73H,8-62H2,1-7H3,(H,78,79)(H,80,81)/t65?,66-,67-,68-/m1/s1. The number of phosphoric ester groups is 2. The van der Waals surface area contributed by atoms with E-state index in [1.165, 1.54) is 173 Å². The SMILES string of the molecule is CCCCCCCCCCCC(=O)OC[C@H](COP(=O)(O)OC[C@H](O)COP(=O)(O)OC[C@@H](COC(=O)CCCCCCCCCCCCCC(C)C)OC(=O)CCCCCCCCCCCCCCCCC(C)CC)OC(=O)CCCCCCCCCC(C)C. The molecule has 3 unspecified atom stereocenters. The fourth-order valence-electron chi connectivity index (χ4n) is 10.9. The minimum Gasteiger partial charge on any atom is -0.462 e. The summed E-state index contributed by atoms with van der Waals surface area (Å²) in [4.78, 5) is 72.5. The van der Waals surface area contributed by atoms with E-state index in [1.54, 1.807) is 0 Å². The van der Waals surface area contributed by atoms with Gasteiger partial charge < -0.3 is 33.8 Å². The van der Waals surface area contributed by atoms with Crippen molar-refractivity contribution < 1.29 is 80.2 Å². The zero-order chi connectivity index (χ0) is 67.3. The van der Waals surface area contributed by atoms with E-state index in [1.807, 2.05) is 0 Å². The van der Waals surface area contributed by atoms with Crippen LogP contribution in [0.3, 0.4) is 0 Å². The lowest BCUT2D eigenvalue weighted by atomic mass is 9.99. The van der Waals surface area contributed by atoms with Crippen molar-refractivity contribution in [2.24, 2.45) is 17.8 Å². The van der Waals surface area contributed by atoms with Crippen LogP contribution in [0.1, 0.15) is 363 Å². The highest BCUT2D eigenvalue weighted by molar-refractivity contribution is 7.47. The molecule has 0 amide bonds. The summed E-state index contributed by atoms with van der Waals surface area (Å²) in [5.41, 5.74) is 0. The number of carbonyl (C=O) groups excluding carboxylic acids is 4. The van der Waals surface area contributed by atoms with Crippen LogP contribution >= 0.6 is 15.6 Å². The van der Waals surface area contributed by atoms with Crippen LogP contribution in [-0.2, 0) is 65.4 Å². The Hall–Kier alpha value is -1.94. The second-order valence-electron chi connectivity index (χ2n) is 27.2. The van der Waals surface area contributed by atoms with Crippen LogP contribution < -0.4 is 0 Å². The predicted octanol–water partition coefficient (Wildman–Crippen LogP) is 20.6. The molecular formula is C72H140O17P2. The fraction of sp³-hybridized carbons (Fsp3) is 0.944. The molecule has 0 rings (SSSR count). The van der Waals surface area contributed by atoms with Crippen molar-refractivity contribution >= 4 is 39.5 Å². The Labute approximate surface area is 556 Å². The van der Waals surface area contributed by atoms with Gasteiger partial charge in [0.15, 0.2) is 12.2 Å². The molecule has 540 valence electrons. The van der Waals surface area contributed by atoms with Crippen LogP contribution in [0.4, 0.5) is 0 Å². The number of unbranched alkanes of at least 4 members (excludes halogenated alkanes) is 37. The second-order valence-corrected chi connectivity index (χ2v) is 30.1. The monoisotopic (exact) mass is 1340 g/mol. The molecular weight excluding hydrogens is 1200 g/mol. The van der Waals surface area contributed by atoms with E-state index in [-0.39, 0.29) is 25.7 Å². The van der Waals surface area contributed by atoms with E-state index in [0.717, 1.165) is 102 Å². The second kappa shape index (κ2) is 62.8. The number of carbonyl (C=O) groups is 4. The molecule has 0 bridgehead atoms. The number of hydrogen-bond donors (Lipinski definition) is 3. The van der Waals surface area contributed by atoms with Crippen molar-refractivity contribution in [2.45, 2.75) is 381 Å². The number of esters is 4. The molecule has 6 atom stereocenters. The largest absolute Gasteiger partial charge is 0.472 e. The quantitative estimate of drug-likeness (QED) is 0.0222. The molecule has 0 aromatic carbocycles. The van der Waals surface area contributed by atoms with E-state index < -0.39 is 97.5 Å². The van der Waals surface area contributed by atoms with Gasteiger partial charge in [-0.1, -0.05) is 312 Å². The minimum atomic E-state index is -4.95. The molecule has 19 heteroatoms. The highest BCUT2D eigenvalue weighted by Gasteiger charge is 2.30. The van der Waals surface area contributed by atoms with Gasteiger partial charge in [0, 0.05) is 25.7 Å². The molecule has 0 heterocycles. The molecule has 0 fully saturated rings. The summed E-state index contributed by atoms with van der Waals surface area (Å²) >= 11 is 0. The molecule has 91 heavy (non-hydrogen) atoms. The number of hydrogen-bond acceptors (Lipinski definition) is 15. The van der Waals surface area contributed by atoms with Gasteiger partial charge in [0.2, 0.25) is 0 Å². The smallest absolute Gasteiger partial charge is 0.462 e. The maximum absolute atomic E-state index is 13.0. The van der Waals surface area contributed by atoms with Gasteiger partial charge in [0.05, 0.1) is 26.4 Å². The number of ether oxygens (including phenoxy) is 4. The molecule has 0 aliphatic carbocycles. The van der Waals surface area contributed by atoms with Crippen LogP contribution in [0.5, 0.6) is 0 Å². The molecule has 0 aromatic heterocycles. The van der Waals surface area contributed by atoms with E-state index in [4.69, 9.17) is 37.0 Å². The van der Waals surface area contributed by atoms with E-state index >= 15 is 0 Å². The van der Waals surface area contributed by atoms with Crippen molar-refractivity contribution in [2.75, 3.05) is 39.6 Å². The molecule has 0 aliphatic rings. The Balaban J connectivity index is 5.22. The third-order valence-corrected chi connectivity index (χ3v) is 18.9. The van der Waals surface area contributed by atoms with Crippen molar-refractivity contribution in [1.29, 1.82) is 0 Å². The summed E-state index contributed by atoms with van der Waals surface area (Å²) in [5.74, 6) is 0.186. The Morgan fingerprint density at radius 3 is 0.835 bits per heavy atom. The zero-order valence-corrected chi connectivity index (χ0v) is 61.1. The molecule has 0 saturated heterocycles. The van der Waals surface area contributed by atoms with Crippen LogP contribution in [0, 0.1) is 17.8 Å². The maximum atomic E-state index is 13.0. The maximum Gasteiger partial charge on any atom is 0.472 e. The molecule has 0 spiro atoms. The number of aliphatic hydroxyl groups excluding tert-OH is 1. The average Bonchev–Trinajstić information content (AvgIpc) is 2.95. The summed E-state index contributed by atoms with van der Waals surface area (Å²) in [6, 6.07) is 0. The Bertz CT molecular complexity index is 1790. The van der Waals surface area contributed by atoms with Crippen molar-refractivity contribution in [3.63, 3.8) is 0 Å². The summed E-state index contributed by atoms with van der Waals surface area (Å²) in [5, 5.41) is 10.6. The highest BCUT2D eigenvalue weighted by atomic mass is 31.2. The van der Waals surface area contributed by atoms with Crippen LogP contribution in [0.25, 0.3) is 0 Å². The Morgan fingerprint density at radius 2 is 0.560 bits per heavy atom. The van der Waals surface area contributed by atoms with Gasteiger partial charge in [-0.2, -0.15) is 0 Å². The number of rotatable bonds is 70. The predicted molar refractivity (Wildman–Crippen MR) is 368 cm³/mol. The van der Waals surface area contributed by atoms with Crippen molar-refractivity contribution in [1.82, 2.24) is 0 Å². The van der Waals surface area contributed by atoms with Crippen LogP contribution in [0.15, 0.2) is 0 Å². The normalized spacial score (nSPS) is 14.5. The van der Waals surface area contributed by atoms with Crippen molar-refractivity contribution in [3.05, 3.63) is 0 Å². The first-order chi connectivity index (χ1) is 43.8. The fourth-order valence-corrected chi connectivity index (χ4v) is 12.4. The molecule has 0 aliphatic heterocycles. The van der Waals surface area contributed by atoms with Crippen molar-refractivity contribution in [3.8, 4) is 0 Å². The van der Waals surface area contributed by atoms with Gasteiger partial charge in [0.25, 0.3) is 0 Å². The summed E-state index contributed by atoms with van der Waals surface area (Å²) in [6.07, 6.45) is 47.2. The van der Waals surface area contributed by atoms with Crippen LogP contribution in [-0.4, -0.2) is 96.7 Å². The van der Waals surface area contributed by atoms with Gasteiger partial charge in [0.1, 0.15) is 19.3 Å². The van der Waals surface area contributed by atoms with Gasteiger partial charge in [-0.05, 0) is 43.4 Å².